The SMILES string of the molecule is O=C(NCc1nccc2ccccc12)C1(O)CCCC1. The van der Waals surface area contributed by atoms with Crippen LogP contribution in [0, 0.1) is 0 Å². The topological polar surface area (TPSA) is 62.2 Å². The third-order valence-corrected chi connectivity index (χ3v) is 4.03. The number of pyridine rings is 1. The van der Waals surface area contributed by atoms with Crippen LogP contribution in [0.15, 0.2) is 36.5 Å². The summed E-state index contributed by atoms with van der Waals surface area (Å²) in [6.07, 6.45) is 4.69. The van der Waals surface area contributed by atoms with E-state index in [1.807, 2.05) is 30.3 Å². The van der Waals surface area contributed by atoms with E-state index < -0.39 is 5.60 Å². The van der Waals surface area contributed by atoms with E-state index in [0.717, 1.165) is 29.3 Å². The summed E-state index contributed by atoms with van der Waals surface area (Å²) in [4.78, 5) is 16.4. The summed E-state index contributed by atoms with van der Waals surface area (Å²) in [5.41, 5.74) is -0.344. The summed E-state index contributed by atoms with van der Waals surface area (Å²) in [6, 6.07) is 9.90. The number of aliphatic hydroxyl groups is 1. The van der Waals surface area contributed by atoms with Crippen molar-refractivity contribution in [3.8, 4) is 0 Å². The lowest BCUT2D eigenvalue weighted by atomic mass is 10.0. The zero-order chi connectivity index (χ0) is 14.0. The lowest BCUT2D eigenvalue weighted by Gasteiger charge is -2.20. The van der Waals surface area contributed by atoms with Crippen LogP contribution in [0.5, 0.6) is 0 Å². The first-order chi connectivity index (χ1) is 9.69. The monoisotopic (exact) mass is 270 g/mol. The summed E-state index contributed by atoms with van der Waals surface area (Å²) in [7, 11) is 0. The molecule has 0 aliphatic heterocycles. The highest BCUT2D eigenvalue weighted by Crippen LogP contribution is 2.29. The Morgan fingerprint density at radius 1 is 1.25 bits per heavy atom. The second-order valence-electron chi connectivity index (χ2n) is 5.40. The maximum atomic E-state index is 12.1. The van der Waals surface area contributed by atoms with Crippen molar-refractivity contribution in [2.45, 2.75) is 37.8 Å². The molecule has 104 valence electrons. The molecular formula is C16H18N2O2. The highest BCUT2D eigenvalue weighted by atomic mass is 16.3. The lowest BCUT2D eigenvalue weighted by molar-refractivity contribution is -0.139. The van der Waals surface area contributed by atoms with Crippen molar-refractivity contribution < 1.29 is 9.90 Å². The van der Waals surface area contributed by atoms with Crippen LogP contribution in [0.3, 0.4) is 0 Å². The second-order valence-corrected chi connectivity index (χ2v) is 5.40. The van der Waals surface area contributed by atoms with Gasteiger partial charge >= 0.3 is 0 Å². The van der Waals surface area contributed by atoms with E-state index in [0.29, 0.717) is 19.4 Å². The number of nitrogens with one attached hydrogen (secondary N) is 1. The Bertz CT molecular complexity index is 628. The molecule has 1 aromatic carbocycles. The van der Waals surface area contributed by atoms with Crippen LogP contribution in [0.1, 0.15) is 31.4 Å². The summed E-state index contributed by atoms with van der Waals surface area (Å²) >= 11 is 0. The number of hydrogen-bond donors (Lipinski definition) is 2. The van der Waals surface area contributed by atoms with Crippen LogP contribution in [-0.2, 0) is 11.3 Å². The quantitative estimate of drug-likeness (QED) is 0.898. The molecule has 0 unspecified atom stereocenters. The Labute approximate surface area is 117 Å². The van der Waals surface area contributed by atoms with E-state index in [-0.39, 0.29) is 5.91 Å². The molecule has 3 rings (SSSR count). The van der Waals surface area contributed by atoms with Gasteiger partial charge in [0.2, 0.25) is 0 Å². The Morgan fingerprint density at radius 3 is 2.80 bits per heavy atom. The molecule has 0 atom stereocenters. The Kier molecular flexibility index (Phi) is 3.40. The molecule has 2 N–H and O–H groups in total. The molecule has 0 radical (unpaired) electrons. The number of amides is 1. The van der Waals surface area contributed by atoms with Gasteiger partial charge in [-0.3, -0.25) is 9.78 Å². The van der Waals surface area contributed by atoms with Crippen LogP contribution >= 0.6 is 0 Å². The van der Waals surface area contributed by atoms with Crippen LogP contribution in [0.4, 0.5) is 0 Å². The van der Waals surface area contributed by atoms with Crippen molar-refractivity contribution in [1.82, 2.24) is 10.3 Å². The van der Waals surface area contributed by atoms with Crippen molar-refractivity contribution in [2.75, 3.05) is 0 Å². The molecule has 1 saturated carbocycles. The molecule has 4 heteroatoms. The van der Waals surface area contributed by atoms with E-state index in [4.69, 9.17) is 0 Å². The van der Waals surface area contributed by atoms with Gasteiger partial charge < -0.3 is 10.4 Å². The minimum absolute atomic E-state index is 0.273. The van der Waals surface area contributed by atoms with Crippen molar-refractivity contribution in [3.05, 3.63) is 42.2 Å². The molecule has 1 fully saturated rings. The minimum Gasteiger partial charge on any atom is -0.380 e. The molecule has 1 amide bonds. The number of carbonyl (C=O) groups is 1. The van der Waals surface area contributed by atoms with Crippen LogP contribution in [-0.4, -0.2) is 21.6 Å². The summed E-state index contributed by atoms with van der Waals surface area (Å²) in [6.45, 7) is 0.350. The third kappa shape index (κ3) is 2.39. The maximum absolute atomic E-state index is 12.1. The van der Waals surface area contributed by atoms with Crippen molar-refractivity contribution in [3.63, 3.8) is 0 Å². The predicted octanol–water partition coefficient (Wildman–Crippen LogP) is 2.16. The van der Waals surface area contributed by atoms with Gasteiger partial charge in [0, 0.05) is 11.6 Å². The molecule has 1 aliphatic carbocycles. The number of fused-ring (bicyclic) bond motifs is 1. The van der Waals surface area contributed by atoms with Gasteiger partial charge in [0.05, 0.1) is 12.2 Å². The van der Waals surface area contributed by atoms with Gasteiger partial charge in [0.25, 0.3) is 5.91 Å². The molecular weight excluding hydrogens is 252 g/mol. The molecule has 0 saturated heterocycles. The van der Waals surface area contributed by atoms with E-state index >= 15 is 0 Å². The average Bonchev–Trinajstić information content (AvgIpc) is 2.93. The Balaban J connectivity index is 1.76. The van der Waals surface area contributed by atoms with Crippen LogP contribution < -0.4 is 5.32 Å². The van der Waals surface area contributed by atoms with Crippen molar-refractivity contribution in [1.29, 1.82) is 0 Å². The Morgan fingerprint density at radius 2 is 2.00 bits per heavy atom. The fourth-order valence-electron chi connectivity index (χ4n) is 2.84. The van der Waals surface area contributed by atoms with Crippen LogP contribution in [0.25, 0.3) is 10.8 Å². The van der Waals surface area contributed by atoms with Crippen molar-refractivity contribution in [2.24, 2.45) is 0 Å². The minimum atomic E-state index is -1.18. The number of nitrogens with zero attached hydrogens (tertiary/aromatic N) is 1. The molecule has 1 aromatic heterocycles. The fraction of sp³-hybridized carbons (Fsp3) is 0.375. The standard InChI is InChI=1S/C16H18N2O2/c19-15(16(20)8-3-4-9-16)18-11-14-13-6-2-1-5-12(13)7-10-17-14/h1-2,5-7,10,20H,3-4,8-9,11H2,(H,18,19). The van der Waals surface area contributed by atoms with E-state index in [2.05, 4.69) is 10.3 Å². The molecule has 0 spiro atoms. The smallest absolute Gasteiger partial charge is 0.252 e. The van der Waals surface area contributed by atoms with Gasteiger partial charge in [-0.05, 0) is 37.1 Å². The average molecular weight is 270 g/mol. The molecule has 1 aliphatic rings. The first-order valence-electron chi connectivity index (χ1n) is 7.02. The molecule has 0 bridgehead atoms. The van der Waals surface area contributed by atoms with Crippen LogP contribution in [0.2, 0.25) is 0 Å². The zero-order valence-corrected chi connectivity index (χ0v) is 11.3. The molecule has 4 nitrogen and oxygen atoms in total. The van der Waals surface area contributed by atoms with Gasteiger partial charge in [-0.1, -0.05) is 24.3 Å². The van der Waals surface area contributed by atoms with E-state index in [9.17, 15) is 9.90 Å². The number of aromatic nitrogens is 1. The maximum Gasteiger partial charge on any atom is 0.252 e. The first-order valence-corrected chi connectivity index (χ1v) is 7.02. The normalized spacial score (nSPS) is 17.2. The number of carbonyl (C=O) groups excluding carboxylic acids is 1. The highest BCUT2D eigenvalue weighted by molar-refractivity contribution is 5.87. The van der Waals surface area contributed by atoms with E-state index in [1.54, 1.807) is 6.20 Å². The predicted molar refractivity (Wildman–Crippen MR) is 77.0 cm³/mol. The number of benzene rings is 1. The number of rotatable bonds is 3. The van der Waals surface area contributed by atoms with Gasteiger partial charge in [0.1, 0.15) is 5.60 Å². The first kappa shape index (κ1) is 13.1. The largest absolute Gasteiger partial charge is 0.380 e. The summed E-state index contributed by atoms with van der Waals surface area (Å²) in [5.74, 6) is -0.273. The Hall–Kier alpha value is -1.94. The molecule has 2 aromatic rings. The number of hydrogen-bond acceptors (Lipinski definition) is 3. The lowest BCUT2D eigenvalue weighted by Crippen LogP contribution is -2.44. The van der Waals surface area contributed by atoms with E-state index in [1.165, 1.54) is 0 Å². The summed E-state index contributed by atoms with van der Waals surface area (Å²) < 4.78 is 0. The van der Waals surface area contributed by atoms with Gasteiger partial charge in [0.15, 0.2) is 0 Å². The van der Waals surface area contributed by atoms with Gasteiger partial charge in [-0.25, -0.2) is 0 Å². The second kappa shape index (κ2) is 5.21. The van der Waals surface area contributed by atoms with Gasteiger partial charge in [-0.2, -0.15) is 0 Å². The van der Waals surface area contributed by atoms with Crippen molar-refractivity contribution >= 4 is 16.7 Å². The molecule has 20 heavy (non-hydrogen) atoms. The molecule has 1 heterocycles. The van der Waals surface area contributed by atoms with Gasteiger partial charge in [-0.15, -0.1) is 0 Å². The fourth-order valence-corrected chi connectivity index (χ4v) is 2.84. The zero-order valence-electron chi connectivity index (χ0n) is 11.3. The summed E-state index contributed by atoms with van der Waals surface area (Å²) in [5, 5.41) is 15.2. The highest BCUT2D eigenvalue weighted by Gasteiger charge is 2.38. The third-order valence-electron chi connectivity index (χ3n) is 4.03.